The van der Waals surface area contributed by atoms with E-state index in [9.17, 15) is 4.39 Å². The normalized spacial score (nSPS) is 26.2. The molecule has 1 heterocycles. The van der Waals surface area contributed by atoms with Gasteiger partial charge in [0.05, 0.1) is 12.8 Å². The van der Waals surface area contributed by atoms with E-state index < -0.39 is 0 Å². The summed E-state index contributed by atoms with van der Waals surface area (Å²) < 4.78 is 17.0. The lowest BCUT2D eigenvalue weighted by Crippen LogP contribution is -2.24. The van der Waals surface area contributed by atoms with Gasteiger partial charge in [-0.25, -0.2) is 0 Å². The quantitative estimate of drug-likeness (QED) is 0.611. The highest BCUT2D eigenvalue weighted by Crippen LogP contribution is 2.11. The van der Waals surface area contributed by atoms with Gasteiger partial charge in [0.2, 0.25) is 0 Å². The molecule has 2 nitrogen and oxygen atoms in total. The van der Waals surface area contributed by atoms with Crippen LogP contribution in [0.3, 0.4) is 0 Å². The van der Waals surface area contributed by atoms with Crippen molar-refractivity contribution in [1.82, 2.24) is 4.90 Å². The second-order valence-electron chi connectivity index (χ2n) is 2.99. The van der Waals surface area contributed by atoms with Gasteiger partial charge in [0, 0.05) is 26.7 Å². The van der Waals surface area contributed by atoms with E-state index in [2.05, 4.69) is 4.90 Å². The Hall–Kier alpha value is -0.150. The van der Waals surface area contributed by atoms with Crippen LogP contribution >= 0.6 is 0 Å². The van der Waals surface area contributed by atoms with Gasteiger partial charge in [-0.3, -0.25) is 4.39 Å². The van der Waals surface area contributed by atoms with Crippen molar-refractivity contribution < 1.29 is 9.13 Å². The van der Waals surface area contributed by atoms with Crippen molar-refractivity contribution >= 4 is 0 Å². The Morgan fingerprint density at radius 2 is 2.45 bits per heavy atom. The highest BCUT2D eigenvalue weighted by molar-refractivity contribution is 4.75. The third kappa shape index (κ3) is 2.75. The molecule has 0 aliphatic carbocycles. The largest absolute Gasteiger partial charge is 0.380 e. The van der Waals surface area contributed by atoms with Gasteiger partial charge >= 0.3 is 0 Å². The van der Waals surface area contributed by atoms with E-state index in [4.69, 9.17) is 4.74 Å². The minimum atomic E-state index is -0.200. The first-order valence-corrected chi connectivity index (χ1v) is 4.18. The molecule has 0 N–H and O–H groups in total. The number of likely N-dealkylation sites (tertiary alicyclic amines) is 1. The second kappa shape index (κ2) is 4.67. The van der Waals surface area contributed by atoms with E-state index in [1.807, 2.05) is 0 Å². The summed E-state index contributed by atoms with van der Waals surface area (Å²) in [6.45, 7) is 2.74. The van der Waals surface area contributed by atoms with Crippen molar-refractivity contribution in [2.75, 3.05) is 33.4 Å². The fraction of sp³-hybridized carbons (Fsp3) is 1.00. The van der Waals surface area contributed by atoms with Crippen LogP contribution in [0.15, 0.2) is 0 Å². The first-order valence-electron chi connectivity index (χ1n) is 4.18. The first kappa shape index (κ1) is 8.94. The number of methoxy groups -OCH3 is 1. The Morgan fingerprint density at radius 1 is 1.64 bits per heavy atom. The van der Waals surface area contributed by atoms with Crippen molar-refractivity contribution in [2.45, 2.75) is 18.9 Å². The lowest BCUT2D eigenvalue weighted by atomic mass is 10.3. The Balaban J connectivity index is 2.09. The third-order valence-electron chi connectivity index (χ3n) is 2.17. The minimum absolute atomic E-state index is 0.200. The number of alkyl halides is 1. The number of nitrogens with zero attached hydrogens (tertiary/aromatic N) is 1. The molecule has 1 saturated heterocycles. The Morgan fingerprint density at radius 3 is 3.00 bits per heavy atom. The van der Waals surface area contributed by atoms with Crippen LogP contribution in [0.5, 0.6) is 0 Å². The molecule has 66 valence electrons. The molecule has 0 aromatic carbocycles. The molecule has 0 saturated carbocycles. The van der Waals surface area contributed by atoms with Crippen molar-refractivity contribution in [3.8, 4) is 0 Å². The van der Waals surface area contributed by atoms with Crippen LogP contribution in [0.1, 0.15) is 12.8 Å². The maximum Gasteiger partial charge on any atom is 0.0906 e. The first-order chi connectivity index (χ1) is 5.36. The Bertz CT molecular complexity index is 110. The van der Waals surface area contributed by atoms with Gasteiger partial charge in [0.1, 0.15) is 0 Å². The van der Waals surface area contributed by atoms with Crippen LogP contribution in [0, 0.1) is 0 Å². The van der Waals surface area contributed by atoms with Gasteiger partial charge in [-0.1, -0.05) is 0 Å². The molecule has 3 heteroatoms. The van der Waals surface area contributed by atoms with Gasteiger partial charge in [-0.15, -0.1) is 0 Å². The molecule has 1 aliphatic rings. The molecule has 0 radical (unpaired) electrons. The molecule has 1 rings (SSSR count). The summed E-state index contributed by atoms with van der Waals surface area (Å²) >= 11 is 0. The number of hydrogen-bond acceptors (Lipinski definition) is 2. The lowest BCUT2D eigenvalue weighted by Gasteiger charge is -2.13. The zero-order chi connectivity index (χ0) is 8.10. The number of rotatable bonds is 4. The van der Waals surface area contributed by atoms with E-state index in [0.717, 1.165) is 26.1 Å². The summed E-state index contributed by atoms with van der Waals surface area (Å²) in [5.74, 6) is 0. The van der Waals surface area contributed by atoms with E-state index in [-0.39, 0.29) is 6.67 Å². The van der Waals surface area contributed by atoms with Crippen molar-refractivity contribution in [1.29, 1.82) is 0 Å². The fourth-order valence-electron chi connectivity index (χ4n) is 1.48. The van der Waals surface area contributed by atoms with E-state index in [0.29, 0.717) is 12.5 Å². The smallest absolute Gasteiger partial charge is 0.0906 e. The maximum atomic E-state index is 11.8. The third-order valence-corrected chi connectivity index (χ3v) is 2.17. The predicted octanol–water partition coefficient (Wildman–Crippen LogP) is 1.07. The molecule has 1 fully saturated rings. The topological polar surface area (TPSA) is 12.5 Å². The Kier molecular flexibility index (Phi) is 3.80. The monoisotopic (exact) mass is 161 g/mol. The number of ether oxygens (including phenoxy) is 1. The molecule has 0 spiro atoms. The molecule has 11 heavy (non-hydrogen) atoms. The summed E-state index contributed by atoms with van der Waals surface area (Å²) in [5, 5.41) is 0. The molecule has 1 unspecified atom stereocenters. The summed E-state index contributed by atoms with van der Waals surface area (Å²) in [5.41, 5.74) is 0. The van der Waals surface area contributed by atoms with Crippen LogP contribution in [0.25, 0.3) is 0 Å². The molecule has 1 aliphatic heterocycles. The summed E-state index contributed by atoms with van der Waals surface area (Å²) in [4.78, 5) is 2.26. The number of halogens is 1. The van der Waals surface area contributed by atoms with E-state index in [1.54, 1.807) is 7.11 Å². The molecule has 0 aromatic rings. The molecule has 0 bridgehead atoms. The van der Waals surface area contributed by atoms with Crippen molar-refractivity contribution in [3.05, 3.63) is 0 Å². The van der Waals surface area contributed by atoms with Gasteiger partial charge in [0.15, 0.2) is 0 Å². The van der Waals surface area contributed by atoms with Crippen molar-refractivity contribution in [2.24, 2.45) is 0 Å². The minimum Gasteiger partial charge on any atom is -0.380 e. The Labute approximate surface area is 67.3 Å². The molecule has 1 atom stereocenters. The highest BCUT2D eigenvalue weighted by atomic mass is 19.1. The van der Waals surface area contributed by atoms with Crippen LogP contribution < -0.4 is 0 Å². The predicted molar refractivity (Wildman–Crippen MR) is 42.4 cm³/mol. The average Bonchev–Trinajstić information content (AvgIpc) is 2.48. The highest BCUT2D eigenvalue weighted by Gasteiger charge is 2.20. The molecular weight excluding hydrogens is 145 g/mol. The zero-order valence-corrected chi connectivity index (χ0v) is 7.05. The second-order valence-corrected chi connectivity index (χ2v) is 2.99. The maximum absolute atomic E-state index is 11.8. The van der Waals surface area contributed by atoms with Gasteiger partial charge < -0.3 is 9.64 Å². The van der Waals surface area contributed by atoms with Gasteiger partial charge in [-0.05, 0) is 12.8 Å². The molecule has 0 amide bonds. The van der Waals surface area contributed by atoms with E-state index in [1.165, 1.54) is 0 Å². The van der Waals surface area contributed by atoms with Crippen molar-refractivity contribution in [3.63, 3.8) is 0 Å². The standard InChI is InChI=1S/C8H16FNO/c1-11-8-3-6-10(7-8)5-2-4-9/h8H,2-7H2,1H3. The van der Waals surface area contributed by atoms with Crippen LogP contribution in [0.4, 0.5) is 4.39 Å². The summed E-state index contributed by atoms with van der Waals surface area (Å²) in [6.07, 6.45) is 2.15. The number of hydrogen-bond donors (Lipinski definition) is 0. The fourth-order valence-corrected chi connectivity index (χ4v) is 1.48. The SMILES string of the molecule is COC1CCN(CCCF)C1. The van der Waals surface area contributed by atoms with Crippen LogP contribution in [-0.2, 0) is 4.74 Å². The lowest BCUT2D eigenvalue weighted by molar-refractivity contribution is 0.107. The summed E-state index contributed by atoms with van der Waals surface area (Å²) in [7, 11) is 1.74. The zero-order valence-electron chi connectivity index (χ0n) is 7.05. The van der Waals surface area contributed by atoms with Crippen LogP contribution in [0.2, 0.25) is 0 Å². The summed E-state index contributed by atoms with van der Waals surface area (Å²) in [6, 6.07) is 0. The van der Waals surface area contributed by atoms with Gasteiger partial charge in [-0.2, -0.15) is 0 Å². The molecule has 0 aromatic heterocycles. The average molecular weight is 161 g/mol. The van der Waals surface area contributed by atoms with Gasteiger partial charge in [0.25, 0.3) is 0 Å². The molecular formula is C8H16FNO. The van der Waals surface area contributed by atoms with Crippen LogP contribution in [-0.4, -0.2) is 44.4 Å². The van der Waals surface area contributed by atoms with E-state index >= 15 is 0 Å².